The Labute approximate surface area is 220 Å². The third-order valence-electron chi connectivity index (χ3n) is 5.84. The van der Waals surface area contributed by atoms with Crippen molar-refractivity contribution in [1.29, 1.82) is 0 Å². The Hall–Kier alpha value is -4.92. The molecule has 2 N–H and O–H groups in total. The van der Waals surface area contributed by atoms with Crippen LogP contribution in [0, 0.1) is 13.8 Å². The van der Waals surface area contributed by atoms with Gasteiger partial charge in [0.05, 0.1) is 12.3 Å². The minimum absolute atomic E-state index is 0.219. The number of urea groups is 1. The SMILES string of the molecule is CCOc1ccc(N2C(=O)NC(=O)/C(=C\c3cccc(OCC(=O)Nc4ccc(C)c(C)c4)c3)C2=O)cc1. The summed E-state index contributed by atoms with van der Waals surface area (Å²) in [6.07, 6.45) is 1.37. The predicted molar refractivity (Wildman–Crippen MR) is 143 cm³/mol. The van der Waals surface area contributed by atoms with Crippen molar-refractivity contribution in [1.82, 2.24) is 5.32 Å². The van der Waals surface area contributed by atoms with Crippen LogP contribution in [0.2, 0.25) is 0 Å². The Morgan fingerprint density at radius 2 is 1.68 bits per heavy atom. The summed E-state index contributed by atoms with van der Waals surface area (Å²) in [6, 6.07) is 17.8. The van der Waals surface area contributed by atoms with Crippen LogP contribution in [0.25, 0.3) is 6.08 Å². The number of ether oxygens (including phenoxy) is 2. The van der Waals surface area contributed by atoms with Gasteiger partial charge < -0.3 is 14.8 Å². The number of amides is 5. The second kappa shape index (κ2) is 11.4. The van der Waals surface area contributed by atoms with Gasteiger partial charge in [0.1, 0.15) is 17.1 Å². The number of aryl methyl sites for hydroxylation is 2. The fourth-order valence-electron chi connectivity index (χ4n) is 3.78. The summed E-state index contributed by atoms with van der Waals surface area (Å²) in [5, 5.41) is 4.99. The number of anilines is 2. The topological polar surface area (TPSA) is 114 Å². The Morgan fingerprint density at radius 1 is 0.921 bits per heavy atom. The van der Waals surface area contributed by atoms with Crippen LogP contribution in [0.1, 0.15) is 23.6 Å². The molecule has 0 unspecified atom stereocenters. The highest BCUT2D eigenvalue weighted by Crippen LogP contribution is 2.25. The molecule has 0 bridgehead atoms. The molecule has 0 spiro atoms. The van der Waals surface area contributed by atoms with Crippen LogP contribution in [0.3, 0.4) is 0 Å². The van der Waals surface area contributed by atoms with Crippen molar-refractivity contribution in [3.63, 3.8) is 0 Å². The monoisotopic (exact) mass is 513 g/mol. The van der Waals surface area contributed by atoms with Crippen molar-refractivity contribution < 1.29 is 28.7 Å². The molecule has 1 fully saturated rings. The third kappa shape index (κ3) is 6.07. The summed E-state index contributed by atoms with van der Waals surface area (Å²) in [4.78, 5) is 51.3. The van der Waals surface area contributed by atoms with E-state index in [1.165, 1.54) is 6.08 Å². The van der Waals surface area contributed by atoms with E-state index in [-0.39, 0.29) is 18.1 Å². The number of rotatable bonds is 8. The lowest BCUT2D eigenvalue weighted by molar-refractivity contribution is -0.122. The molecule has 0 aromatic heterocycles. The van der Waals surface area contributed by atoms with Crippen LogP contribution >= 0.6 is 0 Å². The van der Waals surface area contributed by atoms with Crippen molar-refractivity contribution >= 4 is 41.2 Å². The van der Waals surface area contributed by atoms with Crippen molar-refractivity contribution in [2.45, 2.75) is 20.8 Å². The normalized spacial score (nSPS) is 14.3. The van der Waals surface area contributed by atoms with Gasteiger partial charge in [-0.25, -0.2) is 9.69 Å². The lowest BCUT2D eigenvalue weighted by Gasteiger charge is -2.26. The molecule has 3 aromatic carbocycles. The maximum Gasteiger partial charge on any atom is 0.335 e. The third-order valence-corrected chi connectivity index (χ3v) is 5.84. The Bertz CT molecular complexity index is 1430. The van der Waals surface area contributed by atoms with Gasteiger partial charge in [-0.15, -0.1) is 0 Å². The van der Waals surface area contributed by atoms with Crippen molar-refractivity contribution in [3.05, 3.63) is 89.0 Å². The molecule has 0 saturated carbocycles. The number of barbiturate groups is 1. The van der Waals surface area contributed by atoms with Crippen LogP contribution in [0.15, 0.2) is 72.3 Å². The molecule has 1 heterocycles. The van der Waals surface area contributed by atoms with Crippen LogP contribution in [-0.2, 0) is 14.4 Å². The number of nitrogens with zero attached hydrogens (tertiary/aromatic N) is 1. The van der Waals surface area contributed by atoms with E-state index >= 15 is 0 Å². The van der Waals surface area contributed by atoms with Crippen LogP contribution in [0.5, 0.6) is 11.5 Å². The van der Waals surface area contributed by atoms with Crippen molar-refractivity contribution in [3.8, 4) is 11.5 Å². The largest absolute Gasteiger partial charge is 0.494 e. The highest BCUT2D eigenvalue weighted by Gasteiger charge is 2.36. The summed E-state index contributed by atoms with van der Waals surface area (Å²) in [5.74, 6) is -0.934. The molecule has 194 valence electrons. The van der Waals surface area contributed by atoms with Gasteiger partial charge in [0, 0.05) is 5.69 Å². The first kappa shape index (κ1) is 26.2. The Morgan fingerprint density at radius 3 is 2.39 bits per heavy atom. The fraction of sp³-hybridized carbons (Fsp3) is 0.172. The average molecular weight is 514 g/mol. The van der Waals surface area contributed by atoms with E-state index in [1.807, 2.05) is 39.0 Å². The van der Waals surface area contributed by atoms with Gasteiger partial charge >= 0.3 is 6.03 Å². The summed E-state index contributed by atoms with van der Waals surface area (Å²) >= 11 is 0. The Kier molecular flexibility index (Phi) is 7.86. The van der Waals surface area contributed by atoms with Crippen molar-refractivity contribution in [2.75, 3.05) is 23.4 Å². The van der Waals surface area contributed by atoms with Gasteiger partial charge in [0.25, 0.3) is 17.7 Å². The molecule has 3 aromatic rings. The van der Waals surface area contributed by atoms with E-state index in [0.29, 0.717) is 35.0 Å². The summed E-state index contributed by atoms with van der Waals surface area (Å²) in [5.41, 5.74) is 3.42. The molecule has 38 heavy (non-hydrogen) atoms. The van der Waals surface area contributed by atoms with E-state index in [4.69, 9.17) is 9.47 Å². The lowest BCUT2D eigenvalue weighted by Crippen LogP contribution is -2.54. The van der Waals surface area contributed by atoms with E-state index < -0.39 is 17.8 Å². The standard InChI is InChI=1S/C29H27N3O6/c1-4-37-23-12-10-22(11-13-23)32-28(35)25(27(34)31-29(32)36)16-20-6-5-7-24(15-20)38-17-26(33)30-21-9-8-18(2)19(3)14-21/h5-16H,4,17H2,1-3H3,(H,30,33)(H,31,34,36)/b25-16+. The highest BCUT2D eigenvalue weighted by atomic mass is 16.5. The van der Waals surface area contributed by atoms with E-state index in [9.17, 15) is 19.2 Å². The average Bonchev–Trinajstić information content (AvgIpc) is 2.89. The van der Waals surface area contributed by atoms with E-state index in [2.05, 4.69) is 10.6 Å². The summed E-state index contributed by atoms with van der Waals surface area (Å²) in [7, 11) is 0. The van der Waals surface area contributed by atoms with Gasteiger partial charge in [-0.05, 0) is 92.1 Å². The van der Waals surface area contributed by atoms with E-state index in [0.717, 1.165) is 16.0 Å². The number of hydrogen-bond donors (Lipinski definition) is 2. The number of imide groups is 2. The number of nitrogens with one attached hydrogen (secondary N) is 2. The zero-order valence-electron chi connectivity index (χ0n) is 21.2. The van der Waals surface area contributed by atoms with Gasteiger partial charge in [0.2, 0.25) is 0 Å². The first-order valence-electron chi connectivity index (χ1n) is 12.0. The maximum absolute atomic E-state index is 13.1. The molecule has 1 aliphatic rings. The second-order valence-electron chi connectivity index (χ2n) is 8.59. The molecule has 9 heteroatoms. The molecule has 1 aliphatic heterocycles. The molecule has 4 rings (SSSR count). The molecule has 0 atom stereocenters. The highest BCUT2D eigenvalue weighted by molar-refractivity contribution is 6.39. The number of carbonyl (C=O) groups excluding carboxylic acids is 4. The molecule has 0 aliphatic carbocycles. The van der Waals surface area contributed by atoms with Crippen LogP contribution in [0.4, 0.5) is 16.2 Å². The second-order valence-corrected chi connectivity index (χ2v) is 8.59. The summed E-state index contributed by atoms with van der Waals surface area (Å²) < 4.78 is 11.0. The molecule has 0 radical (unpaired) electrons. The number of hydrogen-bond acceptors (Lipinski definition) is 6. The maximum atomic E-state index is 13.1. The minimum atomic E-state index is -0.840. The van der Waals surface area contributed by atoms with Gasteiger partial charge in [-0.2, -0.15) is 0 Å². The fourth-order valence-corrected chi connectivity index (χ4v) is 3.78. The van der Waals surface area contributed by atoms with Crippen LogP contribution in [-0.4, -0.2) is 37.0 Å². The van der Waals surface area contributed by atoms with Gasteiger partial charge in [-0.3, -0.25) is 19.7 Å². The Balaban J connectivity index is 1.46. The van der Waals surface area contributed by atoms with Gasteiger partial charge in [-0.1, -0.05) is 18.2 Å². The zero-order chi connectivity index (χ0) is 27.2. The lowest BCUT2D eigenvalue weighted by atomic mass is 10.1. The van der Waals surface area contributed by atoms with E-state index in [1.54, 1.807) is 48.5 Å². The quantitative estimate of drug-likeness (QED) is 0.341. The predicted octanol–water partition coefficient (Wildman–Crippen LogP) is 4.39. The molecule has 9 nitrogen and oxygen atoms in total. The molecule has 1 saturated heterocycles. The summed E-state index contributed by atoms with van der Waals surface area (Å²) in [6.45, 7) is 6.05. The molecular formula is C29H27N3O6. The molecular weight excluding hydrogens is 486 g/mol. The van der Waals surface area contributed by atoms with Gasteiger partial charge in [0.15, 0.2) is 6.61 Å². The first-order chi connectivity index (χ1) is 18.2. The van der Waals surface area contributed by atoms with Crippen LogP contribution < -0.4 is 25.0 Å². The molecule has 5 amide bonds. The smallest absolute Gasteiger partial charge is 0.335 e. The number of carbonyl (C=O) groups is 4. The van der Waals surface area contributed by atoms with Crippen molar-refractivity contribution in [2.24, 2.45) is 0 Å². The number of benzene rings is 3. The zero-order valence-corrected chi connectivity index (χ0v) is 21.2. The minimum Gasteiger partial charge on any atom is -0.494 e. The first-order valence-corrected chi connectivity index (χ1v) is 12.0.